The van der Waals surface area contributed by atoms with Crippen LogP contribution in [0.15, 0.2) is 72.8 Å². The number of aliphatic hydroxyl groups is 1. The fourth-order valence-electron chi connectivity index (χ4n) is 4.25. The molecule has 6 nitrogen and oxygen atoms in total. The van der Waals surface area contributed by atoms with Crippen molar-refractivity contribution < 1.29 is 19.4 Å². The summed E-state index contributed by atoms with van der Waals surface area (Å²) >= 11 is 0. The molecule has 0 spiro atoms. The molecule has 1 saturated heterocycles. The monoisotopic (exact) mass is 432 g/mol. The lowest BCUT2D eigenvalue weighted by molar-refractivity contribution is -0.138. The molecule has 0 radical (unpaired) electrons. The molecule has 1 aliphatic rings. The van der Waals surface area contributed by atoms with Crippen LogP contribution in [0, 0.1) is 0 Å². The van der Waals surface area contributed by atoms with Gasteiger partial charge in [0.2, 0.25) is 5.91 Å². The average Bonchev–Trinajstić information content (AvgIpc) is 3.22. The lowest BCUT2D eigenvalue weighted by Gasteiger charge is -2.30. The Morgan fingerprint density at radius 3 is 2.53 bits per heavy atom. The number of aliphatic hydroxyl groups excluding tert-OH is 1. The van der Waals surface area contributed by atoms with Crippen molar-refractivity contribution >= 4 is 22.8 Å². The van der Waals surface area contributed by atoms with Gasteiger partial charge >= 0.3 is 6.09 Å². The summed E-state index contributed by atoms with van der Waals surface area (Å²) in [5.41, 5.74) is 1.90. The van der Waals surface area contributed by atoms with Gasteiger partial charge in [-0.05, 0) is 35.2 Å². The highest BCUT2D eigenvalue weighted by molar-refractivity contribution is 5.89. The minimum absolute atomic E-state index is 0.126. The lowest BCUT2D eigenvalue weighted by Crippen LogP contribution is -2.51. The van der Waals surface area contributed by atoms with Crippen LogP contribution in [0.2, 0.25) is 0 Å². The molecule has 0 bridgehead atoms. The van der Waals surface area contributed by atoms with Crippen LogP contribution in [0.1, 0.15) is 24.5 Å². The van der Waals surface area contributed by atoms with Gasteiger partial charge in [0.25, 0.3) is 0 Å². The summed E-state index contributed by atoms with van der Waals surface area (Å²) in [7, 11) is 0. The first kappa shape index (κ1) is 21.8. The molecule has 2 atom stereocenters. The molecule has 32 heavy (non-hydrogen) atoms. The van der Waals surface area contributed by atoms with Gasteiger partial charge in [0, 0.05) is 19.6 Å². The fourth-order valence-corrected chi connectivity index (χ4v) is 4.25. The van der Waals surface area contributed by atoms with Gasteiger partial charge in [-0.25, -0.2) is 4.79 Å². The number of carbonyl (C=O) groups is 2. The molecule has 1 N–H and O–H groups in total. The SMILES string of the molecule is CCN(Cc1cccc2ccccc12)C(=O)[C@@H]1C(O)CCN1C(=O)OCc1ccccc1. The molecule has 4 rings (SSSR count). The van der Waals surface area contributed by atoms with Crippen molar-refractivity contribution in [1.82, 2.24) is 9.80 Å². The topological polar surface area (TPSA) is 70.1 Å². The number of fused-ring (bicyclic) bond motifs is 1. The van der Waals surface area contributed by atoms with Crippen molar-refractivity contribution in [2.45, 2.75) is 38.6 Å². The normalized spacial score (nSPS) is 18.0. The summed E-state index contributed by atoms with van der Waals surface area (Å²) in [6.07, 6.45) is -1.14. The number of rotatable bonds is 6. The van der Waals surface area contributed by atoms with Crippen molar-refractivity contribution in [1.29, 1.82) is 0 Å². The second-order valence-corrected chi connectivity index (χ2v) is 8.03. The molecule has 3 aromatic rings. The molecule has 1 aliphatic heterocycles. The first-order chi connectivity index (χ1) is 15.6. The Balaban J connectivity index is 1.49. The van der Waals surface area contributed by atoms with E-state index < -0.39 is 18.2 Å². The number of nitrogens with zero attached hydrogens (tertiary/aromatic N) is 2. The van der Waals surface area contributed by atoms with Crippen molar-refractivity contribution in [3.63, 3.8) is 0 Å². The number of benzene rings is 3. The number of likely N-dealkylation sites (N-methyl/N-ethyl adjacent to an activating group) is 1. The van der Waals surface area contributed by atoms with E-state index in [1.165, 1.54) is 4.90 Å². The first-order valence-corrected chi connectivity index (χ1v) is 11.0. The molecule has 1 heterocycles. The van der Waals surface area contributed by atoms with Gasteiger partial charge < -0.3 is 14.7 Å². The van der Waals surface area contributed by atoms with E-state index in [0.717, 1.165) is 21.9 Å². The van der Waals surface area contributed by atoms with Gasteiger partial charge in [0.05, 0.1) is 6.10 Å². The Morgan fingerprint density at radius 2 is 1.75 bits per heavy atom. The Labute approximate surface area is 188 Å². The molecule has 0 aliphatic carbocycles. The third kappa shape index (κ3) is 4.60. The zero-order valence-corrected chi connectivity index (χ0v) is 18.2. The zero-order valence-electron chi connectivity index (χ0n) is 18.2. The van der Waals surface area contributed by atoms with E-state index in [1.54, 1.807) is 4.90 Å². The number of amides is 2. The number of ether oxygens (including phenoxy) is 1. The largest absolute Gasteiger partial charge is 0.445 e. The second-order valence-electron chi connectivity index (χ2n) is 8.03. The summed E-state index contributed by atoms with van der Waals surface area (Å²) in [6.45, 7) is 3.20. The maximum Gasteiger partial charge on any atom is 0.410 e. The van der Waals surface area contributed by atoms with Crippen LogP contribution in [0.3, 0.4) is 0 Å². The summed E-state index contributed by atoms with van der Waals surface area (Å²) in [6, 6.07) is 22.5. The lowest BCUT2D eigenvalue weighted by atomic mass is 10.0. The molecule has 2 amide bonds. The molecule has 0 aromatic heterocycles. The van der Waals surface area contributed by atoms with E-state index in [4.69, 9.17) is 4.74 Å². The van der Waals surface area contributed by atoms with Crippen molar-refractivity contribution in [3.8, 4) is 0 Å². The standard InChI is InChI=1S/C26H28N2O4/c1-2-27(17-21-13-8-12-20-11-6-7-14-22(20)21)25(30)24-23(29)15-16-28(24)26(31)32-18-19-9-4-3-5-10-19/h3-14,23-24,29H,2,15-18H2,1H3/t23?,24-/m0/s1. The molecule has 1 fully saturated rings. The summed E-state index contributed by atoms with van der Waals surface area (Å²) in [5, 5.41) is 12.8. The number of carbonyl (C=O) groups excluding carboxylic acids is 2. The number of likely N-dealkylation sites (tertiary alicyclic amines) is 1. The third-order valence-electron chi connectivity index (χ3n) is 5.99. The predicted molar refractivity (Wildman–Crippen MR) is 123 cm³/mol. The Morgan fingerprint density at radius 1 is 1.03 bits per heavy atom. The van der Waals surface area contributed by atoms with Crippen LogP contribution in [0.5, 0.6) is 0 Å². The smallest absolute Gasteiger partial charge is 0.410 e. The van der Waals surface area contributed by atoms with E-state index in [1.807, 2.05) is 79.7 Å². The average molecular weight is 433 g/mol. The molecule has 1 unspecified atom stereocenters. The minimum Gasteiger partial charge on any atom is -0.445 e. The Bertz CT molecular complexity index is 1080. The van der Waals surface area contributed by atoms with Crippen molar-refractivity contribution in [3.05, 3.63) is 83.9 Å². The first-order valence-electron chi connectivity index (χ1n) is 11.0. The van der Waals surface area contributed by atoms with E-state index in [2.05, 4.69) is 0 Å². The Kier molecular flexibility index (Phi) is 6.71. The number of hydrogen-bond acceptors (Lipinski definition) is 4. The third-order valence-corrected chi connectivity index (χ3v) is 5.99. The summed E-state index contributed by atoms with van der Waals surface area (Å²) < 4.78 is 5.44. The van der Waals surface area contributed by atoms with Crippen molar-refractivity contribution in [2.75, 3.05) is 13.1 Å². The number of hydrogen-bond donors (Lipinski definition) is 1. The fraction of sp³-hybridized carbons (Fsp3) is 0.308. The van der Waals surface area contributed by atoms with Gasteiger partial charge in [0.15, 0.2) is 0 Å². The molecule has 166 valence electrons. The highest BCUT2D eigenvalue weighted by Crippen LogP contribution is 2.24. The van der Waals surface area contributed by atoms with Gasteiger partial charge in [-0.15, -0.1) is 0 Å². The second kappa shape index (κ2) is 9.83. The molecular weight excluding hydrogens is 404 g/mol. The van der Waals surface area contributed by atoms with Crippen LogP contribution < -0.4 is 0 Å². The van der Waals surface area contributed by atoms with E-state index in [9.17, 15) is 14.7 Å². The molecule has 3 aromatic carbocycles. The maximum absolute atomic E-state index is 13.4. The zero-order chi connectivity index (χ0) is 22.5. The minimum atomic E-state index is -0.937. The van der Waals surface area contributed by atoms with Crippen molar-refractivity contribution in [2.24, 2.45) is 0 Å². The molecule has 6 heteroatoms. The predicted octanol–water partition coefficient (Wildman–Crippen LogP) is 3.96. The Hall–Kier alpha value is -3.38. The molecular formula is C26H28N2O4. The highest BCUT2D eigenvalue weighted by atomic mass is 16.6. The van der Waals surface area contributed by atoms with Gasteiger partial charge in [-0.2, -0.15) is 0 Å². The van der Waals surface area contributed by atoms with Crippen LogP contribution in [0.4, 0.5) is 4.79 Å². The van der Waals surface area contributed by atoms with E-state index in [-0.39, 0.29) is 19.1 Å². The van der Waals surface area contributed by atoms with Crippen LogP contribution in [-0.4, -0.2) is 52.1 Å². The summed E-state index contributed by atoms with van der Waals surface area (Å²) in [4.78, 5) is 29.2. The summed E-state index contributed by atoms with van der Waals surface area (Å²) in [5.74, 6) is -0.262. The van der Waals surface area contributed by atoms with Gasteiger partial charge in [-0.3, -0.25) is 9.69 Å². The highest BCUT2D eigenvalue weighted by Gasteiger charge is 2.43. The maximum atomic E-state index is 13.4. The van der Waals surface area contributed by atoms with E-state index in [0.29, 0.717) is 19.5 Å². The van der Waals surface area contributed by atoms with Gasteiger partial charge in [-0.1, -0.05) is 72.8 Å². The van der Waals surface area contributed by atoms with Crippen LogP contribution in [-0.2, 0) is 22.7 Å². The van der Waals surface area contributed by atoms with E-state index >= 15 is 0 Å². The van der Waals surface area contributed by atoms with Crippen LogP contribution in [0.25, 0.3) is 10.8 Å². The molecule has 0 saturated carbocycles. The quantitative estimate of drug-likeness (QED) is 0.640. The van der Waals surface area contributed by atoms with Crippen LogP contribution >= 0.6 is 0 Å². The van der Waals surface area contributed by atoms with Gasteiger partial charge in [0.1, 0.15) is 12.6 Å².